The zero-order chi connectivity index (χ0) is 15.4. The Morgan fingerprint density at radius 2 is 1.91 bits per heavy atom. The number of nitrogens with zero attached hydrogens (tertiary/aromatic N) is 2. The largest absolute Gasteiger partial charge is 0.367 e. The van der Waals surface area contributed by atoms with Crippen LogP contribution in [0.25, 0.3) is 0 Å². The van der Waals surface area contributed by atoms with Crippen LogP contribution in [0.3, 0.4) is 0 Å². The summed E-state index contributed by atoms with van der Waals surface area (Å²) in [5, 5.41) is 6.91. The van der Waals surface area contributed by atoms with Gasteiger partial charge in [0.05, 0.1) is 0 Å². The molecule has 4 nitrogen and oxygen atoms in total. The molecule has 3 rings (SSSR count). The maximum absolute atomic E-state index is 4.63. The Balaban J connectivity index is 1.79. The lowest BCUT2D eigenvalue weighted by atomic mass is 10.1. The van der Waals surface area contributed by atoms with Crippen molar-refractivity contribution in [1.82, 2.24) is 9.97 Å². The monoisotopic (exact) mass is 296 g/mol. The molecule has 116 valence electrons. The molecule has 0 radical (unpaired) electrons. The van der Waals surface area contributed by atoms with Crippen LogP contribution in [0.1, 0.15) is 43.9 Å². The highest BCUT2D eigenvalue weighted by molar-refractivity contribution is 5.59. The van der Waals surface area contributed by atoms with Crippen LogP contribution in [0.4, 0.5) is 17.5 Å². The Morgan fingerprint density at radius 1 is 1.14 bits per heavy atom. The third kappa shape index (κ3) is 3.56. The molecule has 0 spiro atoms. The smallest absolute Gasteiger partial charge is 0.229 e. The maximum atomic E-state index is 4.63. The van der Waals surface area contributed by atoms with Crippen LogP contribution < -0.4 is 10.6 Å². The van der Waals surface area contributed by atoms with Gasteiger partial charge in [0.1, 0.15) is 5.82 Å². The number of nitrogens with one attached hydrogen (secondary N) is 2. The molecule has 0 atom stereocenters. The lowest BCUT2D eigenvalue weighted by molar-refractivity contribution is 0.749. The predicted octanol–water partition coefficient (Wildman–Crippen LogP) is 4.45. The van der Waals surface area contributed by atoms with E-state index in [1.54, 1.807) is 0 Å². The summed E-state index contributed by atoms with van der Waals surface area (Å²) in [6.45, 7) is 4.17. The lowest BCUT2D eigenvalue weighted by Gasteiger charge is -2.15. The minimum atomic E-state index is 0.560. The van der Waals surface area contributed by atoms with E-state index in [2.05, 4.69) is 45.7 Å². The zero-order valence-electron chi connectivity index (χ0n) is 13.4. The van der Waals surface area contributed by atoms with Gasteiger partial charge in [0.2, 0.25) is 5.95 Å². The Bertz CT molecular complexity index is 633. The maximum Gasteiger partial charge on any atom is 0.229 e. The Kier molecular flexibility index (Phi) is 4.56. The van der Waals surface area contributed by atoms with Crippen molar-refractivity contribution in [3.05, 3.63) is 41.6 Å². The van der Waals surface area contributed by atoms with E-state index >= 15 is 0 Å². The molecule has 0 unspecified atom stereocenters. The van der Waals surface area contributed by atoms with E-state index in [-0.39, 0.29) is 0 Å². The average molecular weight is 296 g/mol. The minimum absolute atomic E-state index is 0.560. The molecule has 1 saturated carbocycles. The zero-order valence-corrected chi connectivity index (χ0v) is 13.4. The Labute approximate surface area is 132 Å². The summed E-state index contributed by atoms with van der Waals surface area (Å²) in [6, 6.07) is 10.9. The quantitative estimate of drug-likeness (QED) is 0.856. The van der Waals surface area contributed by atoms with Crippen LogP contribution in [0.5, 0.6) is 0 Å². The molecule has 1 aliphatic carbocycles. The van der Waals surface area contributed by atoms with Crippen molar-refractivity contribution >= 4 is 17.5 Å². The van der Waals surface area contributed by atoms with Crippen LogP contribution in [0.2, 0.25) is 0 Å². The fraction of sp³-hybridized carbons (Fsp3) is 0.444. The highest BCUT2D eigenvalue weighted by Gasteiger charge is 2.15. The topological polar surface area (TPSA) is 49.8 Å². The van der Waals surface area contributed by atoms with Crippen molar-refractivity contribution in [2.24, 2.45) is 0 Å². The molecule has 1 fully saturated rings. The second kappa shape index (κ2) is 6.77. The van der Waals surface area contributed by atoms with Gasteiger partial charge < -0.3 is 10.6 Å². The molecule has 0 aliphatic heterocycles. The van der Waals surface area contributed by atoms with Crippen LogP contribution >= 0.6 is 0 Å². The molecule has 1 aromatic heterocycles. The second-order valence-electron chi connectivity index (χ2n) is 5.98. The molecular formula is C18H24N4. The molecular weight excluding hydrogens is 272 g/mol. The molecule has 0 bridgehead atoms. The molecule has 2 aromatic rings. The average Bonchev–Trinajstić information content (AvgIpc) is 3.00. The van der Waals surface area contributed by atoms with Crippen LogP contribution in [-0.4, -0.2) is 16.0 Å². The van der Waals surface area contributed by atoms with Crippen molar-refractivity contribution in [2.75, 3.05) is 10.6 Å². The van der Waals surface area contributed by atoms with Gasteiger partial charge in [-0.3, -0.25) is 0 Å². The summed E-state index contributed by atoms with van der Waals surface area (Å²) in [4.78, 5) is 9.15. The first-order valence-corrected chi connectivity index (χ1v) is 8.21. The molecule has 0 amide bonds. The van der Waals surface area contributed by atoms with Gasteiger partial charge in [-0.05, 0) is 37.8 Å². The minimum Gasteiger partial charge on any atom is -0.367 e. The molecule has 1 aliphatic rings. The summed E-state index contributed by atoms with van der Waals surface area (Å²) in [5.41, 5.74) is 3.34. The van der Waals surface area contributed by atoms with E-state index < -0.39 is 0 Å². The fourth-order valence-corrected chi connectivity index (χ4v) is 3.05. The number of aryl methyl sites for hydroxylation is 2. The van der Waals surface area contributed by atoms with Gasteiger partial charge in [-0.2, -0.15) is 4.98 Å². The number of hydrogen-bond donors (Lipinski definition) is 2. The Morgan fingerprint density at radius 3 is 2.68 bits per heavy atom. The number of benzene rings is 1. The van der Waals surface area contributed by atoms with E-state index in [9.17, 15) is 0 Å². The number of para-hydroxylation sites is 1. The summed E-state index contributed by atoms with van der Waals surface area (Å²) in [7, 11) is 0. The van der Waals surface area contributed by atoms with Gasteiger partial charge in [-0.1, -0.05) is 38.0 Å². The van der Waals surface area contributed by atoms with Crippen molar-refractivity contribution < 1.29 is 0 Å². The van der Waals surface area contributed by atoms with Crippen molar-refractivity contribution in [3.63, 3.8) is 0 Å². The number of aromatic nitrogens is 2. The van der Waals surface area contributed by atoms with Gasteiger partial charge in [0, 0.05) is 23.5 Å². The van der Waals surface area contributed by atoms with Gasteiger partial charge >= 0.3 is 0 Å². The van der Waals surface area contributed by atoms with E-state index in [1.165, 1.54) is 31.2 Å². The highest BCUT2D eigenvalue weighted by Crippen LogP contribution is 2.24. The van der Waals surface area contributed by atoms with Gasteiger partial charge in [-0.15, -0.1) is 0 Å². The summed E-state index contributed by atoms with van der Waals surface area (Å²) >= 11 is 0. The Hall–Kier alpha value is -2.10. The molecule has 2 N–H and O–H groups in total. The van der Waals surface area contributed by atoms with Crippen LogP contribution in [-0.2, 0) is 6.42 Å². The van der Waals surface area contributed by atoms with Crippen LogP contribution in [0.15, 0.2) is 30.3 Å². The van der Waals surface area contributed by atoms with Gasteiger partial charge in [-0.25, -0.2) is 4.98 Å². The first-order chi connectivity index (χ1) is 10.7. The molecule has 22 heavy (non-hydrogen) atoms. The van der Waals surface area contributed by atoms with E-state index in [0.717, 1.165) is 23.6 Å². The third-order valence-electron chi connectivity index (χ3n) is 4.21. The van der Waals surface area contributed by atoms with Crippen molar-refractivity contribution in [2.45, 2.75) is 52.0 Å². The summed E-state index contributed by atoms with van der Waals surface area (Å²) < 4.78 is 0. The van der Waals surface area contributed by atoms with E-state index in [1.807, 2.05) is 19.1 Å². The number of hydrogen-bond acceptors (Lipinski definition) is 4. The highest BCUT2D eigenvalue weighted by atomic mass is 15.2. The normalized spacial score (nSPS) is 15.0. The van der Waals surface area contributed by atoms with Crippen LogP contribution in [0, 0.1) is 6.92 Å². The molecule has 0 saturated heterocycles. The molecule has 1 aromatic carbocycles. The van der Waals surface area contributed by atoms with Gasteiger partial charge in [0.25, 0.3) is 0 Å². The van der Waals surface area contributed by atoms with Gasteiger partial charge in [0.15, 0.2) is 0 Å². The molecule has 4 heteroatoms. The second-order valence-corrected chi connectivity index (χ2v) is 5.98. The summed E-state index contributed by atoms with van der Waals surface area (Å²) in [5.74, 6) is 1.59. The van der Waals surface area contributed by atoms with Crippen molar-refractivity contribution in [1.29, 1.82) is 0 Å². The van der Waals surface area contributed by atoms with E-state index in [0.29, 0.717) is 12.0 Å². The summed E-state index contributed by atoms with van der Waals surface area (Å²) in [6.07, 6.45) is 6.10. The first-order valence-electron chi connectivity index (χ1n) is 8.21. The van der Waals surface area contributed by atoms with Crippen molar-refractivity contribution in [3.8, 4) is 0 Å². The SMILES string of the molecule is CCc1ccccc1Nc1nc(C)cc(NC2CCCC2)n1. The lowest BCUT2D eigenvalue weighted by Crippen LogP contribution is -2.16. The number of anilines is 3. The first kappa shape index (κ1) is 14.8. The predicted molar refractivity (Wildman–Crippen MR) is 91.8 cm³/mol. The standard InChI is InChI=1S/C18H24N4/c1-3-14-8-4-7-11-16(14)21-18-19-13(2)12-17(22-18)20-15-9-5-6-10-15/h4,7-8,11-12,15H,3,5-6,9-10H2,1-2H3,(H2,19,20,21,22). The molecule has 1 heterocycles. The fourth-order valence-electron chi connectivity index (χ4n) is 3.05. The number of rotatable bonds is 5. The van der Waals surface area contributed by atoms with E-state index in [4.69, 9.17) is 0 Å². The third-order valence-corrected chi connectivity index (χ3v) is 4.21.